The molecule has 1 heterocycles. The molecule has 1 unspecified atom stereocenters. The topological polar surface area (TPSA) is 40.5 Å². The van der Waals surface area contributed by atoms with E-state index in [4.69, 9.17) is 0 Å². The van der Waals surface area contributed by atoms with Gasteiger partial charge in [0.25, 0.3) is 0 Å². The van der Waals surface area contributed by atoms with E-state index in [1.165, 1.54) is 11.1 Å². The minimum atomic E-state index is 0.201. The second-order valence-electron chi connectivity index (χ2n) is 5.81. The summed E-state index contributed by atoms with van der Waals surface area (Å²) >= 11 is 0. The van der Waals surface area contributed by atoms with Crippen molar-refractivity contribution in [2.24, 2.45) is 5.92 Å². The lowest BCUT2D eigenvalue weighted by molar-refractivity contribution is -0.133. The molecule has 0 aliphatic carbocycles. The Balaban J connectivity index is 1.76. The van der Waals surface area contributed by atoms with Crippen molar-refractivity contribution in [2.75, 3.05) is 19.7 Å². The summed E-state index contributed by atoms with van der Waals surface area (Å²) in [5.41, 5.74) is 2.64. The minimum absolute atomic E-state index is 0.201. The van der Waals surface area contributed by atoms with E-state index in [1.807, 2.05) is 11.0 Å². The number of carbonyl (C=O) groups excluding carboxylic acids is 1. The zero-order chi connectivity index (χ0) is 14.4. The van der Waals surface area contributed by atoms with Gasteiger partial charge in [-0.1, -0.05) is 24.3 Å². The summed E-state index contributed by atoms with van der Waals surface area (Å²) < 4.78 is 0. The molecule has 0 radical (unpaired) electrons. The third-order valence-electron chi connectivity index (χ3n) is 4.23. The molecule has 0 aromatic heterocycles. The number of nitrogens with zero attached hydrogens (tertiary/aromatic N) is 1. The second-order valence-corrected chi connectivity index (χ2v) is 5.81. The number of carbonyl (C=O) groups is 1. The van der Waals surface area contributed by atoms with Gasteiger partial charge in [0.15, 0.2) is 0 Å². The number of aryl methyl sites for hydroxylation is 2. The smallest absolute Gasteiger partial charge is 0.222 e. The SMILES string of the molecule is Cc1ccccc1CCCC(=O)N1CCCC(CO)C1. The van der Waals surface area contributed by atoms with Gasteiger partial charge in [-0.2, -0.15) is 0 Å². The first-order valence-electron chi connectivity index (χ1n) is 7.64. The lowest BCUT2D eigenvalue weighted by Crippen LogP contribution is -2.40. The van der Waals surface area contributed by atoms with Gasteiger partial charge in [-0.3, -0.25) is 4.79 Å². The third-order valence-corrected chi connectivity index (χ3v) is 4.23. The number of hydrogen-bond donors (Lipinski definition) is 1. The lowest BCUT2D eigenvalue weighted by atomic mass is 9.98. The van der Waals surface area contributed by atoms with Crippen molar-refractivity contribution in [2.45, 2.75) is 39.0 Å². The molecule has 1 saturated heterocycles. The van der Waals surface area contributed by atoms with Crippen LogP contribution in [0.2, 0.25) is 0 Å². The molecule has 110 valence electrons. The van der Waals surface area contributed by atoms with Gasteiger partial charge < -0.3 is 10.0 Å². The molecule has 1 atom stereocenters. The predicted molar refractivity (Wildman–Crippen MR) is 80.5 cm³/mol. The van der Waals surface area contributed by atoms with E-state index in [0.29, 0.717) is 6.42 Å². The first-order valence-corrected chi connectivity index (χ1v) is 7.64. The van der Waals surface area contributed by atoms with E-state index in [1.54, 1.807) is 0 Å². The van der Waals surface area contributed by atoms with Gasteiger partial charge in [-0.25, -0.2) is 0 Å². The summed E-state index contributed by atoms with van der Waals surface area (Å²) in [5, 5.41) is 9.21. The number of likely N-dealkylation sites (tertiary alicyclic amines) is 1. The molecule has 2 rings (SSSR count). The summed E-state index contributed by atoms with van der Waals surface area (Å²) in [6.07, 6.45) is 4.56. The van der Waals surface area contributed by atoms with Crippen molar-refractivity contribution in [3.05, 3.63) is 35.4 Å². The Morgan fingerprint density at radius 2 is 2.20 bits per heavy atom. The monoisotopic (exact) mass is 275 g/mol. The molecular formula is C17H25NO2. The molecule has 0 spiro atoms. The van der Waals surface area contributed by atoms with Crippen LogP contribution in [0.5, 0.6) is 0 Å². The maximum absolute atomic E-state index is 12.2. The Kier molecular flexibility index (Phi) is 5.60. The van der Waals surface area contributed by atoms with Crippen LogP contribution < -0.4 is 0 Å². The van der Waals surface area contributed by atoms with Crippen molar-refractivity contribution in [1.82, 2.24) is 4.90 Å². The molecular weight excluding hydrogens is 250 g/mol. The number of rotatable bonds is 5. The molecule has 1 aliphatic rings. The van der Waals surface area contributed by atoms with Gasteiger partial charge >= 0.3 is 0 Å². The van der Waals surface area contributed by atoms with Crippen molar-refractivity contribution in [3.8, 4) is 0 Å². The van der Waals surface area contributed by atoms with E-state index in [9.17, 15) is 9.90 Å². The number of amides is 1. The fourth-order valence-corrected chi connectivity index (χ4v) is 2.92. The molecule has 1 aliphatic heterocycles. The highest BCUT2D eigenvalue weighted by Crippen LogP contribution is 2.17. The van der Waals surface area contributed by atoms with Crippen LogP contribution in [0.25, 0.3) is 0 Å². The van der Waals surface area contributed by atoms with E-state index in [-0.39, 0.29) is 18.4 Å². The third kappa shape index (κ3) is 4.07. The molecule has 20 heavy (non-hydrogen) atoms. The standard InChI is InChI=1S/C17H25NO2/c1-14-6-2-3-8-16(14)9-4-10-17(20)18-11-5-7-15(12-18)13-19/h2-3,6,8,15,19H,4-5,7,9-13H2,1H3. The zero-order valence-corrected chi connectivity index (χ0v) is 12.3. The summed E-state index contributed by atoms with van der Waals surface area (Å²) in [4.78, 5) is 14.1. The molecule has 1 aromatic rings. The van der Waals surface area contributed by atoms with Crippen LogP contribution in [0.1, 0.15) is 36.8 Å². The van der Waals surface area contributed by atoms with Crippen LogP contribution in [0.4, 0.5) is 0 Å². The van der Waals surface area contributed by atoms with E-state index in [0.717, 1.165) is 38.8 Å². The average molecular weight is 275 g/mol. The maximum atomic E-state index is 12.2. The van der Waals surface area contributed by atoms with Crippen LogP contribution in [-0.2, 0) is 11.2 Å². The first kappa shape index (κ1) is 15.0. The van der Waals surface area contributed by atoms with Gasteiger partial charge in [-0.15, -0.1) is 0 Å². The van der Waals surface area contributed by atoms with E-state index in [2.05, 4.69) is 25.1 Å². The lowest BCUT2D eigenvalue weighted by Gasteiger charge is -2.32. The summed E-state index contributed by atoms with van der Waals surface area (Å²) in [6, 6.07) is 8.36. The second kappa shape index (κ2) is 7.44. The molecule has 1 amide bonds. The van der Waals surface area contributed by atoms with Crippen LogP contribution >= 0.6 is 0 Å². The first-order chi connectivity index (χ1) is 9.70. The fraction of sp³-hybridized carbons (Fsp3) is 0.588. The van der Waals surface area contributed by atoms with Crippen molar-refractivity contribution in [1.29, 1.82) is 0 Å². The summed E-state index contributed by atoms with van der Waals surface area (Å²) in [7, 11) is 0. The minimum Gasteiger partial charge on any atom is -0.396 e. The maximum Gasteiger partial charge on any atom is 0.222 e. The van der Waals surface area contributed by atoms with Gasteiger partial charge in [-0.05, 0) is 49.7 Å². The van der Waals surface area contributed by atoms with Crippen LogP contribution in [-0.4, -0.2) is 35.6 Å². The number of aliphatic hydroxyl groups is 1. The summed E-state index contributed by atoms with van der Waals surface area (Å²) in [6.45, 7) is 3.92. The number of aliphatic hydroxyl groups excluding tert-OH is 1. The highest BCUT2D eigenvalue weighted by molar-refractivity contribution is 5.76. The Hall–Kier alpha value is -1.35. The molecule has 0 bridgehead atoms. The molecule has 3 nitrogen and oxygen atoms in total. The number of piperidine rings is 1. The quantitative estimate of drug-likeness (QED) is 0.897. The van der Waals surface area contributed by atoms with Gasteiger partial charge in [0.05, 0.1) is 0 Å². The van der Waals surface area contributed by atoms with Gasteiger partial charge in [0.2, 0.25) is 5.91 Å². The van der Waals surface area contributed by atoms with Crippen LogP contribution in [0, 0.1) is 12.8 Å². The molecule has 0 saturated carbocycles. The highest BCUT2D eigenvalue weighted by Gasteiger charge is 2.22. The average Bonchev–Trinajstić information content (AvgIpc) is 2.49. The van der Waals surface area contributed by atoms with E-state index >= 15 is 0 Å². The number of hydrogen-bond acceptors (Lipinski definition) is 2. The highest BCUT2D eigenvalue weighted by atomic mass is 16.3. The van der Waals surface area contributed by atoms with E-state index < -0.39 is 0 Å². The molecule has 1 aromatic carbocycles. The molecule has 1 N–H and O–H groups in total. The normalized spacial score (nSPS) is 19.1. The van der Waals surface area contributed by atoms with Crippen LogP contribution in [0.3, 0.4) is 0 Å². The molecule has 3 heteroatoms. The van der Waals surface area contributed by atoms with Crippen molar-refractivity contribution < 1.29 is 9.90 Å². The Morgan fingerprint density at radius 1 is 1.40 bits per heavy atom. The summed E-state index contributed by atoms with van der Waals surface area (Å²) in [5.74, 6) is 0.529. The van der Waals surface area contributed by atoms with Crippen LogP contribution in [0.15, 0.2) is 24.3 Å². The van der Waals surface area contributed by atoms with Crippen molar-refractivity contribution in [3.63, 3.8) is 0 Å². The van der Waals surface area contributed by atoms with Crippen molar-refractivity contribution >= 4 is 5.91 Å². The van der Waals surface area contributed by atoms with Gasteiger partial charge in [0.1, 0.15) is 0 Å². The Morgan fingerprint density at radius 3 is 2.95 bits per heavy atom. The predicted octanol–water partition coefficient (Wildman–Crippen LogP) is 2.55. The number of benzene rings is 1. The largest absolute Gasteiger partial charge is 0.396 e. The molecule has 1 fully saturated rings. The Labute approximate surface area is 121 Å². The zero-order valence-electron chi connectivity index (χ0n) is 12.3. The van der Waals surface area contributed by atoms with Gasteiger partial charge in [0, 0.05) is 26.1 Å². The fourth-order valence-electron chi connectivity index (χ4n) is 2.92. The Bertz CT molecular complexity index is 444.